The van der Waals surface area contributed by atoms with Crippen LogP contribution in [0.15, 0.2) is 12.1 Å². The molecule has 0 aliphatic heterocycles. The number of hydrogen-bond donors (Lipinski definition) is 3. The first-order valence-corrected chi connectivity index (χ1v) is 10.2. The summed E-state index contributed by atoms with van der Waals surface area (Å²) in [6.45, 7) is -0.215. The number of nitrogens with zero attached hydrogens (tertiary/aromatic N) is 2. The number of amides is 2. The number of nitrogens with one attached hydrogen (secondary N) is 2. The molecule has 1 atom stereocenters. The third-order valence-corrected chi connectivity index (χ3v) is 6.57. The van der Waals surface area contributed by atoms with Crippen molar-refractivity contribution in [2.75, 3.05) is 30.9 Å². The van der Waals surface area contributed by atoms with Crippen LogP contribution in [0.5, 0.6) is 0 Å². The van der Waals surface area contributed by atoms with Crippen LogP contribution in [0.1, 0.15) is 42.5 Å². The number of primary amides is 1. The van der Waals surface area contributed by atoms with Gasteiger partial charge in [0.25, 0.3) is 11.6 Å². The molecule has 1 aromatic rings. The van der Waals surface area contributed by atoms with E-state index in [1.54, 1.807) is 0 Å². The van der Waals surface area contributed by atoms with Crippen LogP contribution in [0, 0.1) is 21.4 Å². The van der Waals surface area contributed by atoms with Gasteiger partial charge in [0.2, 0.25) is 5.91 Å². The predicted molar refractivity (Wildman–Crippen MR) is 111 cm³/mol. The number of hydrogen-bond acceptors (Lipinski definition) is 6. The molecule has 176 valence electrons. The Kier molecular flexibility index (Phi) is 6.25. The first-order valence-electron chi connectivity index (χ1n) is 10.2. The molecule has 9 nitrogen and oxygen atoms in total. The van der Waals surface area contributed by atoms with Crippen molar-refractivity contribution in [3.63, 3.8) is 0 Å². The van der Waals surface area contributed by atoms with E-state index in [1.807, 2.05) is 0 Å². The minimum atomic E-state index is -4.21. The van der Waals surface area contributed by atoms with Gasteiger partial charge in [-0.15, -0.1) is 0 Å². The number of halogens is 3. The van der Waals surface area contributed by atoms with Gasteiger partial charge in [0.1, 0.15) is 5.69 Å². The molecule has 2 saturated carbocycles. The van der Waals surface area contributed by atoms with E-state index in [4.69, 9.17) is 5.73 Å². The van der Waals surface area contributed by atoms with Gasteiger partial charge >= 0.3 is 6.18 Å². The zero-order valence-corrected chi connectivity index (χ0v) is 17.8. The topological polar surface area (TPSA) is 131 Å². The second kappa shape index (κ2) is 8.47. The zero-order chi connectivity index (χ0) is 23.8. The van der Waals surface area contributed by atoms with Crippen LogP contribution in [-0.4, -0.2) is 49.6 Å². The number of carbonyl (C=O) groups is 2. The summed E-state index contributed by atoms with van der Waals surface area (Å²) in [4.78, 5) is 36.7. The van der Waals surface area contributed by atoms with Crippen molar-refractivity contribution >= 4 is 28.9 Å². The van der Waals surface area contributed by atoms with Crippen molar-refractivity contribution in [3.8, 4) is 0 Å². The molecule has 0 unspecified atom stereocenters. The smallest absolute Gasteiger partial charge is 0.383 e. The summed E-state index contributed by atoms with van der Waals surface area (Å²) in [6.07, 6.45) is -2.82. The monoisotopic (exact) mass is 457 g/mol. The number of carbonyl (C=O) groups excluding carboxylic acids is 2. The minimum Gasteiger partial charge on any atom is -0.383 e. The maximum absolute atomic E-state index is 13.1. The van der Waals surface area contributed by atoms with E-state index in [1.165, 1.54) is 25.1 Å². The summed E-state index contributed by atoms with van der Waals surface area (Å²) in [7, 11) is 3.02. The Balaban J connectivity index is 1.81. The maximum atomic E-state index is 13.1. The number of nitro benzene ring substituents is 1. The molecule has 2 aliphatic carbocycles. The molecule has 2 amide bonds. The normalized spacial score (nSPS) is 24.7. The van der Waals surface area contributed by atoms with Crippen molar-refractivity contribution in [1.29, 1.82) is 0 Å². The number of alkyl halides is 3. The van der Waals surface area contributed by atoms with Gasteiger partial charge < -0.3 is 21.3 Å². The molecule has 0 aromatic heterocycles. The Morgan fingerprint density at radius 2 is 1.94 bits per heavy atom. The van der Waals surface area contributed by atoms with Gasteiger partial charge in [-0.2, -0.15) is 13.2 Å². The number of likely N-dealkylation sites (N-methyl/N-ethyl adjacent to an activating group) is 1. The van der Waals surface area contributed by atoms with Crippen LogP contribution in [0.25, 0.3) is 0 Å². The van der Waals surface area contributed by atoms with Crippen molar-refractivity contribution in [1.82, 2.24) is 5.32 Å². The van der Waals surface area contributed by atoms with Gasteiger partial charge in [0.05, 0.1) is 28.6 Å². The molecule has 0 heterocycles. The maximum Gasteiger partial charge on any atom is 0.391 e. The van der Waals surface area contributed by atoms with Crippen LogP contribution >= 0.6 is 0 Å². The minimum absolute atomic E-state index is 0.00882. The van der Waals surface area contributed by atoms with Crippen LogP contribution in [0.4, 0.5) is 30.2 Å². The van der Waals surface area contributed by atoms with Gasteiger partial charge in [-0.1, -0.05) is 0 Å². The number of benzene rings is 1. The molecule has 1 aromatic carbocycles. The van der Waals surface area contributed by atoms with Gasteiger partial charge in [0.15, 0.2) is 0 Å². The highest BCUT2D eigenvalue weighted by Gasteiger charge is 2.58. The quantitative estimate of drug-likeness (QED) is 0.426. The Labute approximate surface area is 182 Å². The lowest BCUT2D eigenvalue weighted by molar-refractivity contribution is -0.383. The Morgan fingerprint density at radius 1 is 1.31 bits per heavy atom. The predicted octanol–water partition coefficient (Wildman–Crippen LogP) is 2.80. The fourth-order valence-corrected chi connectivity index (χ4v) is 4.61. The number of nitrogens with two attached hydrogens (primary N) is 1. The third kappa shape index (κ3) is 4.73. The van der Waals surface area contributed by atoms with E-state index in [2.05, 4.69) is 10.6 Å². The van der Waals surface area contributed by atoms with Gasteiger partial charge in [-0.3, -0.25) is 19.7 Å². The second-order valence-electron chi connectivity index (χ2n) is 8.62. The van der Waals surface area contributed by atoms with Gasteiger partial charge in [-0.05, 0) is 43.6 Å². The van der Waals surface area contributed by atoms with Crippen LogP contribution < -0.4 is 21.3 Å². The highest BCUT2D eigenvalue weighted by molar-refractivity contribution is 6.02. The zero-order valence-electron chi connectivity index (χ0n) is 17.8. The summed E-state index contributed by atoms with van der Waals surface area (Å²) >= 11 is 0. The number of rotatable bonds is 7. The van der Waals surface area contributed by atoms with E-state index in [0.717, 1.165) is 6.07 Å². The summed E-state index contributed by atoms with van der Waals surface area (Å²) < 4.78 is 38.9. The van der Waals surface area contributed by atoms with E-state index in [0.29, 0.717) is 19.3 Å². The van der Waals surface area contributed by atoms with E-state index in [9.17, 15) is 32.9 Å². The molecule has 2 fully saturated rings. The third-order valence-electron chi connectivity index (χ3n) is 6.57. The lowest BCUT2D eigenvalue weighted by Crippen LogP contribution is -2.36. The molecule has 0 saturated heterocycles. The first-order chi connectivity index (χ1) is 14.9. The molecular weight excluding hydrogens is 431 g/mol. The molecular formula is C20H26F3N5O4. The fourth-order valence-electron chi connectivity index (χ4n) is 4.61. The molecule has 1 spiro atoms. The summed E-state index contributed by atoms with van der Waals surface area (Å²) in [5.41, 5.74) is 5.00. The molecule has 32 heavy (non-hydrogen) atoms. The average molecular weight is 457 g/mol. The van der Waals surface area contributed by atoms with Crippen LogP contribution in [-0.2, 0) is 4.79 Å². The largest absolute Gasteiger partial charge is 0.391 e. The average Bonchev–Trinajstić information content (AvgIpc) is 3.36. The van der Waals surface area contributed by atoms with Gasteiger partial charge in [-0.25, -0.2) is 0 Å². The molecule has 0 bridgehead atoms. The highest BCUT2D eigenvalue weighted by atomic mass is 19.4. The number of anilines is 2. The van der Waals surface area contributed by atoms with E-state index < -0.39 is 28.8 Å². The molecule has 12 heteroatoms. The first kappa shape index (κ1) is 23.6. The summed E-state index contributed by atoms with van der Waals surface area (Å²) in [5, 5.41) is 17.0. The fraction of sp³-hybridized carbons (Fsp3) is 0.600. The Bertz CT molecular complexity index is 929. The van der Waals surface area contributed by atoms with E-state index in [-0.39, 0.29) is 53.5 Å². The molecule has 3 rings (SSSR count). The number of nitro groups is 1. The summed E-state index contributed by atoms with van der Waals surface area (Å²) in [5.74, 6) is -2.54. The van der Waals surface area contributed by atoms with Crippen LogP contribution in [0.2, 0.25) is 0 Å². The Hall–Kier alpha value is -3.05. The van der Waals surface area contributed by atoms with Crippen molar-refractivity contribution < 1.29 is 27.7 Å². The second-order valence-corrected chi connectivity index (χ2v) is 8.62. The lowest BCUT2D eigenvalue weighted by Gasteiger charge is -2.30. The molecule has 0 radical (unpaired) electrons. The van der Waals surface area contributed by atoms with Crippen molar-refractivity contribution in [2.24, 2.45) is 17.1 Å². The lowest BCUT2D eigenvalue weighted by atomic mass is 9.79. The van der Waals surface area contributed by atoms with Crippen molar-refractivity contribution in [2.45, 2.75) is 44.3 Å². The van der Waals surface area contributed by atoms with Gasteiger partial charge in [0, 0.05) is 26.2 Å². The molecule has 2 aliphatic rings. The highest BCUT2D eigenvalue weighted by Crippen LogP contribution is 2.59. The van der Waals surface area contributed by atoms with Crippen molar-refractivity contribution in [3.05, 3.63) is 27.8 Å². The van der Waals surface area contributed by atoms with Crippen LogP contribution in [0.3, 0.4) is 0 Å². The summed E-state index contributed by atoms with van der Waals surface area (Å²) in [6, 6.07) is 2.23. The SMILES string of the molecule is CNc1cc(N(C)CC(N)=O)c(C(=O)N[C@@H]2CC23CCC(C(F)(F)F)CC3)cc1[N+](=O)[O-]. The standard InChI is InChI=1S/C20H26F3N5O4/c1-25-13-8-14(27(2)10-17(24)29)12(7-15(13)28(31)32)18(30)26-16-9-19(16)5-3-11(4-6-19)20(21,22)23/h7-8,11,16,25H,3-6,9-10H2,1-2H3,(H2,24,29)(H,26,30)/t11?,16-,19?/m1/s1. The Morgan fingerprint density at radius 3 is 2.44 bits per heavy atom. The van der Waals surface area contributed by atoms with E-state index >= 15 is 0 Å². The molecule has 4 N–H and O–H groups in total.